The van der Waals surface area contributed by atoms with E-state index >= 15 is 0 Å². The lowest BCUT2D eigenvalue weighted by Crippen LogP contribution is -2.02. The molecule has 1 heterocycles. The van der Waals surface area contributed by atoms with Crippen molar-refractivity contribution in [3.8, 4) is 5.75 Å². The van der Waals surface area contributed by atoms with Crippen LogP contribution in [0.5, 0.6) is 5.75 Å². The van der Waals surface area contributed by atoms with Crippen molar-refractivity contribution < 1.29 is 9.15 Å². The van der Waals surface area contributed by atoms with Gasteiger partial charge in [-0.2, -0.15) is 0 Å². The largest absolute Gasteiger partial charge is 0.497 e. The Hall–Kier alpha value is -3.13. The molecule has 0 radical (unpaired) electrons. The summed E-state index contributed by atoms with van der Waals surface area (Å²) < 4.78 is 11.7. The van der Waals surface area contributed by atoms with Crippen LogP contribution in [-0.4, -0.2) is 7.11 Å². The number of fused-ring (bicyclic) bond motifs is 4. The summed E-state index contributed by atoms with van der Waals surface area (Å²) >= 11 is 0. The molecule has 0 saturated carbocycles. The Morgan fingerprint density at radius 2 is 1.74 bits per heavy atom. The molecule has 0 atom stereocenters. The summed E-state index contributed by atoms with van der Waals surface area (Å²) in [4.78, 5) is 0. The van der Waals surface area contributed by atoms with E-state index in [2.05, 4.69) is 60.7 Å². The lowest BCUT2D eigenvalue weighted by atomic mass is 9.90. The summed E-state index contributed by atoms with van der Waals surface area (Å²) in [6, 6.07) is 23.3. The molecule has 0 fully saturated rings. The Kier molecular flexibility index (Phi) is 3.90. The second-order valence-corrected chi connectivity index (χ2v) is 7.10. The Morgan fingerprint density at radius 1 is 0.889 bits per heavy atom. The molecule has 1 aliphatic carbocycles. The number of aryl methyl sites for hydroxylation is 1. The smallest absolute Gasteiger partial charge is 0.361 e. The summed E-state index contributed by atoms with van der Waals surface area (Å²) in [5.74, 6) is 1.92. The second-order valence-electron chi connectivity index (χ2n) is 7.10. The van der Waals surface area contributed by atoms with Gasteiger partial charge in [-0.05, 0) is 65.9 Å². The van der Waals surface area contributed by atoms with Crippen LogP contribution in [0.3, 0.4) is 0 Å². The van der Waals surface area contributed by atoms with E-state index in [1.165, 1.54) is 32.9 Å². The van der Waals surface area contributed by atoms with E-state index in [9.17, 15) is 0 Å². The third-order valence-corrected chi connectivity index (χ3v) is 5.39. The molecule has 0 aliphatic heterocycles. The Morgan fingerprint density at radius 3 is 2.59 bits per heavy atom. The van der Waals surface area contributed by atoms with Gasteiger partial charge in [0.05, 0.1) is 23.6 Å². The van der Waals surface area contributed by atoms with E-state index in [1.54, 1.807) is 7.11 Å². The van der Waals surface area contributed by atoms with Crippen LogP contribution in [0.25, 0.3) is 33.4 Å². The number of allylic oxidation sites excluding steroid dienone is 1. The molecule has 1 aromatic heterocycles. The maximum Gasteiger partial charge on any atom is 0.361 e. The van der Waals surface area contributed by atoms with E-state index in [0.29, 0.717) is 0 Å². The average molecular weight is 353 g/mol. The molecule has 4 aromatic rings. The van der Waals surface area contributed by atoms with Crippen LogP contribution in [0.2, 0.25) is 0 Å². The van der Waals surface area contributed by atoms with Crippen molar-refractivity contribution in [3.63, 3.8) is 0 Å². The van der Waals surface area contributed by atoms with Crippen molar-refractivity contribution in [1.82, 2.24) is 0 Å². The molecule has 2 nitrogen and oxygen atoms in total. The molecular formula is C25H21O2+. The minimum absolute atomic E-state index is 0.878. The lowest BCUT2D eigenvalue weighted by molar-refractivity contribution is 0.415. The minimum atomic E-state index is 0.878. The first-order valence-electron chi connectivity index (χ1n) is 9.44. The second kappa shape index (κ2) is 6.55. The van der Waals surface area contributed by atoms with Gasteiger partial charge in [0.15, 0.2) is 0 Å². The van der Waals surface area contributed by atoms with Crippen LogP contribution in [0, 0.1) is 0 Å². The highest BCUT2D eigenvalue weighted by Gasteiger charge is 2.27. The zero-order valence-electron chi connectivity index (χ0n) is 15.4. The highest BCUT2D eigenvalue weighted by molar-refractivity contribution is 6.06. The van der Waals surface area contributed by atoms with E-state index in [-0.39, 0.29) is 0 Å². The van der Waals surface area contributed by atoms with Crippen LogP contribution < -0.4 is 4.74 Å². The van der Waals surface area contributed by atoms with Gasteiger partial charge in [0, 0.05) is 6.07 Å². The highest BCUT2D eigenvalue weighted by atomic mass is 16.5. The molecule has 5 rings (SSSR count). The molecule has 0 bridgehead atoms. The predicted octanol–water partition coefficient (Wildman–Crippen LogP) is 6.75. The number of rotatable bonds is 2. The zero-order valence-corrected chi connectivity index (χ0v) is 15.4. The maximum absolute atomic E-state index is 6.43. The molecule has 2 heteroatoms. The van der Waals surface area contributed by atoms with Crippen LogP contribution >= 0.6 is 0 Å². The van der Waals surface area contributed by atoms with Crippen LogP contribution in [0.1, 0.15) is 29.7 Å². The summed E-state index contributed by atoms with van der Waals surface area (Å²) in [5, 5.41) is 3.72. The van der Waals surface area contributed by atoms with Crippen molar-refractivity contribution in [3.05, 3.63) is 83.6 Å². The fraction of sp³-hybridized carbons (Fsp3) is 0.160. The van der Waals surface area contributed by atoms with Gasteiger partial charge in [0.2, 0.25) is 0 Å². The molecular weight excluding hydrogens is 332 g/mol. The van der Waals surface area contributed by atoms with Crippen molar-refractivity contribution in [2.24, 2.45) is 0 Å². The number of benzene rings is 3. The maximum atomic E-state index is 6.43. The van der Waals surface area contributed by atoms with Gasteiger partial charge in [-0.15, -0.1) is 0 Å². The van der Waals surface area contributed by atoms with E-state index in [0.717, 1.165) is 36.4 Å². The van der Waals surface area contributed by atoms with Gasteiger partial charge < -0.3 is 4.74 Å². The first-order valence-corrected chi connectivity index (χ1v) is 9.44. The van der Waals surface area contributed by atoms with E-state index in [1.807, 2.05) is 12.1 Å². The average Bonchev–Trinajstić information content (AvgIpc) is 2.73. The van der Waals surface area contributed by atoms with E-state index in [4.69, 9.17) is 9.15 Å². The summed E-state index contributed by atoms with van der Waals surface area (Å²) in [6.07, 6.45) is 5.51. The fourth-order valence-electron chi connectivity index (χ4n) is 4.01. The predicted molar refractivity (Wildman–Crippen MR) is 112 cm³/mol. The Labute approximate surface area is 158 Å². The molecule has 0 unspecified atom stereocenters. The van der Waals surface area contributed by atoms with Gasteiger partial charge in [-0.3, -0.25) is 0 Å². The Bertz CT molecular complexity index is 1170. The van der Waals surface area contributed by atoms with E-state index < -0.39 is 0 Å². The van der Waals surface area contributed by atoms with Gasteiger partial charge in [0.25, 0.3) is 0 Å². The molecule has 3 aromatic carbocycles. The highest BCUT2D eigenvalue weighted by Crippen LogP contribution is 2.37. The molecule has 27 heavy (non-hydrogen) atoms. The topological polar surface area (TPSA) is 20.5 Å². The SMILES string of the molecule is COc1ccc(/C=C2\CCCc3cc4c(ccc5ccccc54)[o+]c32)cc1. The normalized spacial score (nSPS) is 15.2. The van der Waals surface area contributed by atoms with Crippen molar-refractivity contribution in [2.45, 2.75) is 19.3 Å². The fourth-order valence-corrected chi connectivity index (χ4v) is 4.01. The summed E-state index contributed by atoms with van der Waals surface area (Å²) in [7, 11) is 1.69. The van der Waals surface area contributed by atoms with Crippen LogP contribution in [0.15, 0.2) is 71.1 Å². The first kappa shape index (κ1) is 16.1. The third kappa shape index (κ3) is 2.87. The van der Waals surface area contributed by atoms with Gasteiger partial charge >= 0.3 is 11.3 Å². The number of hydrogen-bond donors (Lipinski definition) is 0. The van der Waals surface area contributed by atoms with Crippen LogP contribution in [0.4, 0.5) is 0 Å². The van der Waals surface area contributed by atoms with Crippen molar-refractivity contribution in [1.29, 1.82) is 0 Å². The van der Waals surface area contributed by atoms with Crippen molar-refractivity contribution in [2.75, 3.05) is 7.11 Å². The number of hydrogen-bond acceptors (Lipinski definition) is 1. The first-order chi connectivity index (χ1) is 13.3. The molecule has 0 saturated heterocycles. The zero-order chi connectivity index (χ0) is 18.2. The molecule has 1 aliphatic rings. The van der Waals surface area contributed by atoms with Gasteiger partial charge in [-0.1, -0.05) is 36.4 Å². The Balaban J connectivity index is 1.65. The molecule has 132 valence electrons. The quantitative estimate of drug-likeness (QED) is 0.293. The summed E-state index contributed by atoms with van der Waals surface area (Å²) in [6.45, 7) is 0. The standard InChI is InChI=1S/C25H21O2/c1-26-21-12-9-17(10-13-21)15-19-6-4-7-20-16-23-22-8-3-2-5-18(22)11-14-24(23)27-25(19)20/h2-3,5,8-16H,4,6-7H2,1H3/q+1/b19-15+. The van der Waals surface area contributed by atoms with Gasteiger partial charge in [-0.25, -0.2) is 4.42 Å². The molecule has 0 amide bonds. The number of ether oxygens (including phenoxy) is 1. The monoisotopic (exact) mass is 353 g/mol. The third-order valence-electron chi connectivity index (χ3n) is 5.39. The molecule has 0 spiro atoms. The minimum Gasteiger partial charge on any atom is -0.497 e. The van der Waals surface area contributed by atoms with Crippen molar-refractivity contribution >= 4 is 33.4 Å². The van der Waals surface area contributed by atoms with Gasteiger partial charge in [0.1, 0.15) is 5.75 Å². The summed E-state index contributed by atoms with van der Waals surface area (Å²) in [5.41, 5.74) is 4.71. The van der Waals surface area contributed by atoms with Crippen LogP contribution in [-0.2, 0) is 6.42 Å². The molecule has 0 N–H and O–H groups in total. The number of methoxy groups -OCH3 is 1. The lowest BCUT2D eigenvalue weighted by Gasteiger charge is -2.12.